The number of hydrogen-bond acceptors (Lipinski definition) is 2. The van der Waals surface area contributed by atoms with Gasteiger partial charge in [-0.25, -0.2) is 0 Å². The lowest BCUT2D eigenvalue weighted by Crippen LogP contribution is -2.57. The van der Waals surface area contributed by atoms with Gasteiger partial charge in [-0.15, -0.1) is 0 Å². The molecule has 1 aromatic carbocycles. The molecule has 166 valence electrons. The Morgan fingerprint density at radius 1 is 1.10 bits per heavy atom. The van der Waals surface area contributed by atoms with Gasteiger partial charge in [0.15, 0.2) is 0 Å². The summed E-state index contributed by atoms with van der Waals surface area (Å²) in [7, 11) is 0. The molecule has 0 amide bonds. The summed E-state index contributed by atoms with van der Waals surface area (Å²) in [5, 5.41) is 23.0. The van der Waals surface area contributed by atoms with Crippen LogP contribution < -0.4 is 0 Å². The minimum atomic E-state index is -0.837. The Hall–Kier alpha value is -1.58. The van der Waals surface area contributed by atoms with Gasteiger partial charge in [0.2, 0.25) is 0 Å². The van der Waals surface area contributed by atoms with Gasteiger partial charge in [0.25, 0.3) is 0 Å². The molecule has 4 aliphatic rings. The summed E-state index contributed by atoms with van der Waals surface area (Å²) in [6, 6.07) is 8.82. The first kappa shape index (κ1) is 20.1. The predicted molar refractivity (Wildman–Crippen MR) is 125 cm³/mol. The second kappa shape index (κ2) is 6.26. The van der Waals surface area contributed by atoms with Crippen LogP contribution in [-0.4, -0.2) is 26.9 Å². The van der Waals surface area contributed by atoms with Gasteiger partial charge in [0.05, 0.1) is 11.7 Å². The molecule has 0 unspecified atom stereocenters. The van der Waals surface area contributed by atoms with Gasteiger partial charge in [0, 0.05) is 27.9 Å². The topological polar surface area (TPSA) is 56.2 Å². The minimum absolute atomic E-state index is 0.0654. The smallest absolute Gasteiger partial charge is 0.0779 e. The molecule has 2 saturated carbocycles. The van der Waals surface area contributed by atoms with Crippen molar-refractivity contribution in [2.75, 3.05) is 0 Å². The van der Waals surface area contributed by atoms with Crippen LogP contribution in [0.4, 0.5) is 0 Å². The van der Waals surface area contributed by atoms with E-state index in [-0.39, 0.29) is 16.7 Å². The van der Waals surface area contributed by atoms with Gasteiger partial charge in [-0.3, -0.25) is 0 Å². The molecule has 31 heavy (non-hydrogen) atoms. The van der Waals surface area contributed by atoms with E-state index in [9.17, 15) is 10.2 Å². The van der Waals surface area contributed by atoms with Gasteiger partial charge >= 0.3 is 0 Å². The number of aromatic nitrogens is 1. The molecule has 1 heterocycles. The third-order valence-electron chi connectivity index (χ3n) is 10.5. The molecule has 2 aromatic rings. The van der Waals surface area contributed by atoms with Gasteiger partial charge in [-0.2, -0.15) is 0 Å². The molecule has 7 atom stereocenters. The number of aromatic amines is 1. The fraction of sp³-hybridized carbons (Fsp3) is 0.643. The van der Waals surface area contributed by atoms with E-state index in [1.54, 1.807) is 5.56 Å². The lowest BCUT2D eigenvalue weighted by atomic mass is 9.43. The maximum atomic E-state index is 11.0. The first-order valence-corrected chi connectivity index (χ1v) is 12.4. The number of rotatable bonds is 1. The molecule has 3 nitrogen and oxygen atoms in total. The van der Waals surface area contributed by atoms with E-state index < -0.39 is 11.7 Å². The average Bonchev–Trinajstić information content (AvgIpc) is 3.22. The Kier molecular flexibility index (Phi) is 4.05. The fourth-order valence-corrected chi connectivity index (χ4v) is 8.57. The molecule has 0 saturated heterocycles. The minimum Gasteiger partial charge on any atom is -0.390 e. The first-order chi connectivity index (χ1) is 14.6. The quantitative estimate of drug-likeness (QED) is 0.535. The molecule has 3 heteroatoms. The van der Waals surface area contributed by atoms with Crippen LogP contribution in [0.25, 0.3) is 10.9 Å². The van der Waals surface area contributed by atoms with Crippen LogP contribution in [0.3, 0.4) is 0 Å². The number of allylic oxidation sites excluding steroid dienone is 1. The van der Waals surface area contributed by atoms with Crippen molar-refractivity contribution in [3.05, 3.63) is 47.2 Å². The summed E-state index contributed by atoms with van der Waals surface area (Å²) in [6.07, 6.45) is 8.66. The zero-order valence-corrected chi connectivity index (χ0v) is 19.4. The lowest BCUT2D eigenvalue weighted by Gasteiger charge is -2.61. The van der Waals surface area contributed by atoms with Crippen LogP contribution >= 0.6 is 0 Å². The predicted octanol–water partition coefficient (Wildman–Crippen LogP) is 5.50. The molecular formula is C28H37NO2. The highest BCUT2D eigenvalue weighted by Crippen LogP contribution is 2.68. The lowest BCUT2D eigenvalue weighted by molar-refractivity contribution is -0.0692. The van der Waals surface area contributed by atoms with Crippen LogP contribution in [0.5, 0.6) is 0 Å². The van der Waals surface area contributed by atoms with Crippen LogP contribution in [0.1, 0.15) is 71.1 Å². The largest absolute Gasteiger partial charge is 0.390 e. The highest BCUT2D eigenvalue weighted by atomic mass is 16.3. The molecule has 2 fully saturated rings. The number of fused-ring (bicyclic) bond motifs is 9. The van der Waals surface area contributed by atoms with Crippen molar-refractivity contribution in [1.82, 2.24) is 4.98 Å². The van der Waals surface area contributed by atoms with Crippen molar-refractivity contribution >= 4 is 10.9 Å². The molecule has 0 radical (unpaired) electrons. The molecule has 3 N–H and O–H groups in total. The van der Waals surface area contributed by atoms with E-state index >= 15 is 0 Å². The van der Waals surface area contributed by atoms with Crippen LogP contribution in [-0.2, 0) is 11.8 Å². The second-order valence-electron chi connectivity index (χ2n) is 12.1. The molecule has 0 bridgehead atoms. The van der Waals surface area contributed by atoms with Crippen molar-refractivity contribution in [2.24, 2.45) is 29.1 Å². The number of benzene rings is 1. The standard InChI is InChI=1S/C28H37NO2/c1-26(2,31)22-13-16-11-12-27(3)21(19(16)15-24(22)30)10-9-17-14-20-18-7-5-6-8-23(18)29-25(20)28(17,27)4/h5-8,15-17,21-22,24,29-31H,9-14H2,1-4H3/t16-,17+,21+,22+,24-,27+,28-/m1/s1. The fourth-order valence-electron chi connectivity index (χ4n) is 8.57. The number of H-pyrrole nitrogens is 1. The monoisotopic (exact) mass is 419 g/mol. The van der Waals surface area contributed by atoms with Crippen molar-refractivity contribution in [3.8, 4) is 0 Å². The Bertz CT molecular complexity index is 1070. The highest BCUT2D eigenvalue weighted by molar-refractivity contribution is 5.86. The number of aliphatic hydroxyl groups excluding tert-OH is 1. The number of aliphatic hydroxyl groups is 2. The summed E-state index contributed by atoms with van der Waals surface area (Å²) < 4.78 is 0. The van der Waals surface area contributed by atoms with Crippen molar-refractivity contribution in [3.63, 3.8) is 0 Å². The summed E-state index contributed by atoms with van der Waals surface area (Å²) in [4.78, 5) is 3.88. The van der Waals surface area contributed by atoms with E-state index in [4.69, 9.17) is 0 Å². The molecule has 1 aromatic heterocycles. The summed E-state index contributed by atoms with van der Waals surface area (Å²) in [5.74, 6) is 1.68. The zero-order chi connectivity index (χ0) is 21.8. The zero-order valence-electron chi connectivity index (χ0n) is 19.4. The highest BCUT2D eigenvalue weighted by Gasteiger charge is 2.63. The van der Waals surface area contributed by atoms with E-state index in [0.717, 1.165) is 6.42 Å². The third kappa shape index (κ3) is 2.48. The number of hydrogen-bond donors (Lipinski definition) is 3. The Morgan fingerprint density at radius 2 is 1.87 bits per heavy atom. The number of nitrogens with one attached hydrogen (secondary N) is 1. The normalized spacial score (nSPS) is 41.9. The van der Waals surface area contributed by atoms with Crippen LogP contribution in [0.15, 0.2) is 35.9 Å². The van der Waals surface area contributed by atoms with Crippen molar-refractivity contribution in [1.29, 1.82) is 0 Å². The molecule has 4 aliphatic carbocycles. The van der Waals surface area contributed by atoms with Gasteiger partial charge in [-0.1, -0.05) is 43.7 Å². The SMILES string of the molecule is CC(C)(O)[C@H]1C[C@H]2CC[C@@]3(C)[C@@H](CC[C@H]4Cc5c([nH]c6ccccc56)[C@@]43C)C2=C[C@H]1O. The second-order valence-corrected chi connectivity index (χ2v) is 12.1. The summed E-state index contributed by atoms with van der Waals surface area (Å²) >= 11 is 0. The average molecular weight is 420 g/mol. The Balaban J connectivity index is 1.45. The van der Waals surface area contributed by atoms with Crippen molar-refractivity contribution < 1.29 is 10.2 Å². The maximum absolute atomic E-state index is 11.0. The number of para-hydroxylation sites is 1. The molecule has 0 spiro atoms. The van der Waals surface area contributed by atoms with E-state index in [1.807, 2.05) is 13.8 Å². The van der Waals surface area contributed by atoms with Crippen molar-refractivity contribution in [2.45, 2.75) is 83.3 Å². The molecule has 0 aliphatic heterocycles. The molecular weight excluding hydrogens is 382 g/mol. The van der Waals surface area contributed by atoms with E-state index in [1.165, 1.54) is 54.3 Å². The third-order valence-corrected chi connectivity index (χ3v) is 10.5. The Morgan fingerprint density at radius 3 is 2.65 bits per heavy atom. The van der Waals surface area contributed by atoms with Gasteiger partial charge < -0.3 is 15.2 Å². The van der Waals surface area contributed by atoms with Gasteiger partial charge in [-0.05, 0) is 87.2 Å². The van der Waals surface area contributed by atoms with Crippen LogP contribution in [0.2, 0.25) is 0 Å². The first-order valence-electron chi connectivity index (χ1n) is 12.4. The van der Waals surface area contributed by atoms with Gasteiger partial charge in [0.1, 0.15) is 0 Å². The molecule has 6 rings (SSSR count). The van der Waals surface area contributed by atoms with E-state index in [0.29, 0.717) is 17.8 Å². The summed E-state index contributed by atoms with van der Waals surface area (Å²) in [5.41, 5.74) is 5.36. The van der Waals surface area contributed by atoms with Crippen LogP contribution in [0, 0.1) is 29.1 Å². The summed E-state index contributed by atoms with van der Waals surface area (Å²) in [6.45, 7) is 8.81. The Labute approximate surface area is 185 Å². The van der Waals surface area contributed by atoms with E-state index in [2.05, 4.69) is 49.2 Å². The maximum Gasteiger partial charge on any atom is 0.0779 e.